The molecule has 1 aliphatic heterocycles. The van der Waals surface area contributed by atoms with E-state index in [1.807, 2.05) is 24.3 Å². The van der Waals surface area contributed by atoms with Crippen LogP contribution in [0.5, 0.6) is 0 Å². The van der Waals surface area contributed by atoms with Gasteiger partial charge in [-0.1, -0.05) is 30.3 Å². The van der Waals surface area contributed by atoms with E-state index in [0.29, 0.717) is 18.4 Å². The van der Waals surface area contributed by atoms with Crippen molar-refractivity contribution in [3.63, 3.8) is 0 Å². The van der Waals surface area contributed by atoms with Crippen LogP contribution >= 0.6 is 11.8 Å². The number of hydrogen-bond donors (Lipinski definition) is 1. The number of carbonyl (C=O) groups is 1. The number of nitrogens with zero attached hydrogens (tertiary/aromatic N) is 2. The van der Waals surface area contributed by atoms with E-state index in [0.717, 1.165) is 55.1 Å². The second-order valence-electron chi connectivity index (χ2n) is 6.59. The van der Waals surface area contributed by atoms with Crippen LogP contribution in [-0.2, 0) is 16.1 Å². The third-order valence-electron chi connectivity index (χ3n) is 4.55. The van der Waals surface area contributed by atoms with E-state index in [1.165, 1.54) is 0 Å². The number of para-hydroxylation sites is 1. The van der Waals surface area contributed by atoms with Gasteiger partial charge >= 0.3 is 0 Å². The molecule has 1 aromatic carbocycles. The zero-order valence-corrected chi connectivity index (χ0v) is 15.7. The van der Waals surface area contributed by atoms with E-state index >= 15 is 0 Å². The second-order valence-corrected chi connectivity index (χ2v) is 7.58. The molecule has 1 amide bonds. The maximum atomic E-state index is 12.9. The Labute approximate surface area is 157 Å². The van der Waals surface area contributed by atoms with Crippen LogP contribution in [0.15, 0.2) is 34.2 Å². The minimum atomic E-state index is -0.276. The Morgan fingerprint density at radius 3 is 2.92 bits per heavy atom. The van der Waals surface area contributed by atoms with Crippen molar-refractivity contribution in [2.45, 2.75) is 56.3 Å². The fourth-order valence-corrected chi connectivity index (χ4v) is 4.24. The molecular formula is C19H25N3O3S. The molecule has 1 fully saturated rings. The predicted octanol–water partition coefficient (Wildman–Crippen LogP) is 2.71. The Bertz CT molecular complexity index is 815. The van der Waals surface area contributed by atoms with Gasteiger partial charge in [-0.25, -0.2) is 4.98 Å². The van der Waals surface area contributed by atoms with Crippen LogP contribution in [0.4, 0.5) is 0 Å². The lowest BCUT2D eigenvalue weighted by atomic mass is 10.2. The van der Waals surface area contributed by atoms with E-state index in [1.54, 1.807) is 16.3 Å². The van der Waals surface area contributed by atoms with Crippen molar-refractivity contribution in [1.29, 1.82) is 0 Å². The van der Waals surface area contributed by atoms with E-state index < -0.39 is 0 Å². The van der Waals surface area contributed by atoms with Crippen LogP contribution < -0.4 is 11.3 Å². The molecule has 1 unspecified atom stereocenters. The number of carbonyl (C=O) groups excluding carboxylic acids is 1. The molecule has 0 bridgehead atoms. The number of thioether (sulfide) groups is 1. The van der Waals surface area contributed by atoms with Crippen molar-refractivity contribution >= 4 is 28.6 Å². The predicted molar refractivity (Wildman–Crippen MR) is 103 cm³/mol. The van der Waals surface area contributed by atoms with Crippen LogP contribution in [0.2, 0.25) is 0 Å². The summed E-state index contributed by atoms with van der Waals surface area (Å²) >= 11 is 1.59. The zero-order chi connectivity index (χ0) is 18.4. The third-order valence-corrected chi connectivity index (χ3v) is 5.66. The Hall–Kier alpha value is -1.86. The largest absolute Gasteiger partial charge is 0.377 e. The molecule has 0 saturated carbocycles. The zero-order valence-electron chi connectivity index (χ0n) is 14.9. The van der Waals surface area contributed by atoms with E-state index in [4.69, 9.17) is 15.5 Å². The number of fused-ring (bicyclic) bond motifs is 1. The summed E-state index contributed by atoms with van der Waals surface area (Å²) in [6.07, 6.45) is 5.24. The molecule has 2 heterocycles. The van der Waals surface area contributed by atoms with Crippen molar-refractivity contribution in [2.75, 3.05) is 12.4 Å². The first kappa shape index (κ1) is 18.9. The monoisotopic (exact) mass is 375 g/mol. The van der Waals surface area contributed by atoms with Gasteiger partial charge < -0.3 is 10.5 Å². The van der Waals surface area contributed by atoms with Gasteiger partial charge in [0.2, 0.25) is 5.91 Å². The molecule has 1 aromatic heterocycles. The molecule has 0 spiro atoms. The van der Waals surface area contributed by atoms with Gasteiger partial charge in [0.25, 0.3) is 5.56 Å². The normalized spacial score (nSPS) is 17.0. The minimum absolute atomic E-state index is 0.000316. The van der Waals surface area contributed by atoms with Crippen molar-refractivity contribution < 1.29 is 9.53 Å². The summed E-state index contributed by atoms with van der Waals surface area (Å²) in [6.45, 7) is 1.42. The fraction of sp³-hybridized carbons (Fsp3) is 0.526. The highest BCUT2D eigenvalue weighted by Gasteiger charge is 2.18. The number of benzene rings is 1. The van der Waals surface area contributed by atoms with Crippen LogP contribution in [0.1, 0.15) is 38.5 Å². The summed E-state index contributed by atoms with van der Waals surface area (Å²) in [5.74, 6) is 0.536. The molecule has 2 aromatic rings. The maximum absolute atomic E-state index is 12.9. The lowest BCUT2D eigenvalue weighted by Crippen LogP contribution is -2.24. The van der Waals surface area contributed by atoms with Gasteiger partial charge in [-0.05, 0) is 37.8 Å². The number of ether oxygens (including phenoxy) is 1. The van der Waals surface area contributed by atoms with Gasteiger partial charge in [-0.3, -0.25) is 14.2 Å². The van der Waals surface area contributed by atoms with Gasteiger partial charge in [0.15, 0.2) is 5.16 Å². The lowest BCUT2D eigenvalue weighted by molar-refractivity contribution is -0.118. The van der Waals surface area contributed by atoms with Crippen LogP contribution in [0, 0.1) is 0 Å². The standard InChI is InChI=1S/C19H25N3O3S/c20-17(23)10-2-1-5-11-22-18(24)15-8-3-4-9-16(15)21-19(22)26-13-14-7-6-12-25-14/h3-4,8-9,14H,1-2,5-7,10-13H2,(H2,20,23). The number of nitrogens with two attached hydrogens (primary N) is 1. The topological polar surface area (TPSA) is 87.2 Å². The van der Waals surface area contributed by atoms with Crippen molar-refractivity contribution in [1.82, 2.24) is 9.55 Å². The number of rotatable bonds is 9. The Morgan fingerprint density at radius 1 is 1.31 bits per heavy atom. The number of aromatic nitrogens is 2. The highest BCUT2D eigenvalue weighted by atomic mass is 32.2. The highest BCUT2D eigenvalue weighted by Crippen LogP contribution is 2.23. The van der Waals surface area contributed by atoms with Gasteiger partial charge in [0.05, 0.1) is 17.0 Å². The SMILES string of the molecule is NC(=O)CCCCCn1c(SCC2CCCO2)nc2ccccc2c1=O. The summed E-state index contributed by atoms with van der Waals surface area (Å²) in [5.41, 5.74) is 5.91. The summed E-state index contributed by atoms with van der Waals surface area (Å²) < 4.78 is 7.46. The van der Waals surface area contributed by atoms with Gasteiger partial charge in [0, 0.05) is 25.3 Å². The minimum Gasteiger partial charge on any atom is -0.377 e. The van der Waals surface area contributed by atoms with Crippen LogP contribution in [0.3, 0.4) is 0 Å². The Balaban J connectivity index is 1.75. The number of hydrogen-bond acceptors (Lipinski definition) is 5. The first-order valence-electron chi connectivity index (χ1n) is 9.17. The Morgan fingerprint density at radius 2 is 2.15 bits per heavy atom. The summed E-state index contributed by atoms with van der Waals surface area (Å²) in [4.78, 5) is 28.5. The average Bonchev–Trinajstić information content (AvgIpc) is 3.15. The molecule has 0 aliphatic carbocycles. The van der Waals surface area contributed by atoms with Crippen molar-refractivity contribution in [2.24, 2.45) is 5.73 Å². The number of amides is 1. The molecule has 1 atom stereocenters. The number of unbranched alkanes of at least 4 members (excludes halogenated alkanes) is 2. The fourth-order valence-electron chi connectivity index (χ4n) is 3.14. The van der Waals surface area contributed by atoms with Crippen molar-refractivity contribution in [3.05, 3.63) is 34.6 Å². The number of primary amides is 1. The molecular weight excluding hydrogens is 350 g/mol. The smallest absolute Gasteiger partial charge is 0.262 e. The summed E-state index contributed by atoms with van der Waals surface area (Å²) in [7, 11) is 0. The Kier molecular flexibility index (Phi) is 6.68. The molecule has 3 rings (SSSR count). The van der Waals surface area contributed by atoms with Gasteiger partial charge in [-0.15, -0.1) is 0 Å². The van der Waals surface area contributed by atoms with Gasteiger partial charge in [0.1, 0.15) is 0 Å². The molecule has 7 heteroatoms. The lowest BCUT2D eigenvalue weighted by Gasteiger charge is -2.14. The van der Waals surface area contributed by atoms with E-state index in [9.17, 15) is 9.59 Å². The quantitative estimate of drug-likeness (QED) is 0.414. The molecule has 140 valence electrons. The van der Waals surface area contributed by atoms with Crippen LogP contribution in [0.25, 0.3) is 10.9 Å². The van der Waals surface area contributed by atoms with E-state index in [-0.39, 0.29) is 17.6 Å². The molecule has 26 heavy (non-hydrogen) atoms. The van der Waals surface area contributed by atoms with Crippen LogP contribution in [-0.4, -0.2) is 33.9 Å². The molecule has 1 aliphatic rings. The average molecular weight is 375 g/mol. The first-order valence-corrected chi connectivity index (χ1v) is 10.2. The maximum Gasteiger partial charge on any atom is 0.262 e. The molecule has 1 saturated heterocycles. The molecule has 0 radical (unpaired) electrons. The van der Waals surface area contributed by atoms with E-state index in [2.05, 4.69) is 0 Å². The second kappa shape index (κ2) is 9.19. The van der Waals surface area contributed by atoms with Gasteiger partial charge in [-0.2, -0.15) is 0 Å². The summed E-state index contributed by atoms with van der Waals surface area (Å²) in [5, 5.41) is 1.39. The van der Waals surface area contributed by atoms with Crippen molar-refractivity contribution in [3.8, 4) is 0 Å². The highest BCUT2D eigenvalue weighted by molar-refractivity contribution is 7.99. The first-order chi connectivity index (χ1) is 12.6. The molecule has 2 N–H and O–H groups in total. The summed E-state index contributed by atoms with van der Waals surface area (Å²) in [6, 6.07) is 7.46. The molecule has 6 nitrogen and oxygen atoms in total. The third kappa shape index (κ3) is 4.86.